The highest BCUT2D eigenvalue weighted by atomic mass is 32.1. The molecule has 170 valence electrons. The number of aromatic nitrogens is 4. The van der Waals surface area contributed by atoms with Gasteiger partial charge in [-0.05, 0) is 17.0 Å². The van der Waals surface area contributed by atoms with Gasteiger partial charge in [0.1, 0.15) is 12.2 Å². The molecule has 33 heavy (non-hydrogen) atoms. The fourth-order valence-electron chi connectivity index (χ4n) is 3.77. The largest absolute Gasteiger partial charge is 0.387 e. The first-order valence-corrected chi connectivity index (χ1v) is 11.2. The van der Waals surface area contributed by atoms with Gasteiger partial charge in [0.05, 0.1) is 11.2 Å². The molecule has 0 unspecified atom stereocenters. The first kappa shape index (κ1) is 21.5. The van der Waals surface area contributed by atoms with Crippen LogP contribution in [0.4, 0.5) is 5.82 Å². The lowest BCUT2D eigenvalue weighted by molar-refractivity contribution is -0.137. The molecule has 0 saturated carbocycles. The van der Waals surface area contributed by atoms with Crippen molar-refractivity contribution >= 4 is 34.2 Å². The van der Waals surface area contributed by atoms with Gasteiger partial charge in [-0.25, -0.2) is 15.0 Å². The molecule has 10 nitrogen and oxygen atoms in total. The molecule has 0 bridgehead atoms. The molecule has 4 N–H and O–H groups in total. The van der Waals surface area contributed by atoms with Crippen LogP contribution < -0.4 is 10.6 Å². The van der Waals surface area contributed by atoms with Crippen LogP contribution in [0.15, 0.2) is 54.2 Å². The lowest BCUT2D eigenvalue weighted by Gasteiger charge is -2.17. The van der Waals surface area contributed by atoms with Crippen molar-refractivity contribution in [2.75, 3.05) is 12.4 Å². The summed E-state index contributed by atoms with van der Waals surface area (Å²) in [5.74, 6) is 0.500. The first-order valence-electron chi connectivity index (χ1n) is 10.4. The van der Waals surface area contributed by atoms with Crippen LogP contribution >= 0.6 is 11.3 Å². The molecule has 1 amide bonds. The summed E-state index contributed by atoms with van der Waals surface area (Å²) in [4.78, 5) is 26.7. The van der Waals surface area contributed by atoms with E-state index in [1.54, 1.807) is 0 Å². The average molecular weight is 467 g/mol. The van der Waals surface area contributed by atoms with Crippen molar-refractivity contribution < 1.29 is 19.7 Å². The van der Waals surface area contributed by atoms with Gasteiger partial charge in [0.15, 0.2) is 35.1 Å². The second kappa shape index (κ2) is 8.87. The fourth-order valence-corrected chi connectivity index (χ4v) is 4.43. The SMILES string of the molecule is CNC(=O)[C@H]1O[C@@H](n2cnc3c(NCc4ccccc4)nc(-c4cccs4)nc32)[C@H](O)[C@@H]1O. The van der Waals surface area contributed by atoms with E-state index < -0.39 is 30.4 Å². The number of ether oxygens (including phenoxy) is 1. The Labute approximate surface area is 192 Å². The molecule has 1 saturated heterocycles. The molecule has 11 heteroatoms. The third-order valence-electron chi connectivity index (χ3n) is 5.48. The Morgan fingerprint density at radius 1 is 1.15 bits per heavy atom. The summed E-state index contributed by atoms with van der Waals surface area (Å²) in [5, 5.41) is 28.7. The molecule has 4 heterocycles. The van der Waals surface area contributed by atoms with Crippen molar-refractivity contribution in [3.8, 4) is 10.7 Å². The van der Waals surface area contributed by atoms with Crippen LogP contribution in [-0.2, 0) is 16.1 Å². The lowest BCUT2D eigenvalue weighted by atomic mass is 10.1. The van der Waals surface area contributed by atoms with Crippen molar-refractivity contribution in [1.82, 2.24) is 24.8 Å². The number of benzene rings is 1. The number of carbonyl (C=O) groups excluding carboxylic acids is 1. The highest BCUT2D eigenvalue weighted by Crippen LogP contribution is 2.34. The van der Waals surface area contributed by atoms with E-state index in [9.17, 15) is 15.0 Å². The number of likely N-dealkylation sites (N-methyl/N-ethyl adjacent to an activating group) is 1. The number of anilines is 1. The number of amides is 1. The third kappa shape index (κ3) is 3.95. The second-order valence-corrected chi connectivity index (χ2v) is 8.53. The minimum atomic E-state index is -1.39. The summed E-state index contributed by atoms with van der Waals surface area (Å²) in [7, 11) is 1.44. The average Bonchev–Trinajstić information content (AvgIpc) is 3.58. The van der Waals surface area contributed by atoms with Crippen molar-refractivity contribution in [2.24, 2.45) is 0 Å². The van der Waals surface area contributed by atoms with Crippen LogP contribution in [0.2, 0.25) is 0 Å². The summed E-state index contributed by atoms with van der Waals surface area (Å²) in [6, 6.07) is 13.7. The van der Waals surface area contributed by atoms with Gasteiger partial charge in [-0.15, -0.1) is 11.3 Å². The molecule has 5 rings (SSSR count). The molecule has 4 atom stereocenters. The Kier molecular flexibility index (Phi) is 5.77. The van der Waals surface area contributed by atoms with Crippen molar-refractivity contribution in [3.63, 3.8) is 0 Å². The van der Waals surface area contributed by atoms with Gasteiger partial charge in [0.25, 0.3) is 5.91 Å². The zero-order valence-electron chi connectivity index (χ0n) is 17.6. The summed E-state index contributed by atoms with van der Waals surface area (Å²) in [6.45, 7) is 0.531. The van der Waals surface area contributed by atoms with Crippen LogP contribution in [-0.4, -0.2) is 61.0 Å². The second-order valence-electron chi connectivity index (χ2n) is 7.58. The van der Waals surface area contributed by atoms with Crippen LogP contribution in [0.5, 0.6) is 0 Å². The zero-order valence-corrected chi connectivity index (χ0v) is 18.4. The number of fused-ring (bicyclic) bond motifs is 1. The molecular formula is C22H22N6O4S. The number of hydrogen-bond donors (Lipinski definition) is 4. The Bertz CT molecular complexity index is 1260. The number of rotatable bonds is 6. The molecular weight excluding hydrogens is 444 g/mol. The molecule has 1 aliphatic heterocycles. The molecule has 0 aliphatic carbocycles. The summed E-state index contributed by atoms with van der Waals surface area (Å²) in [5.41, 5.74) is 1.98. The first-order chi connectivity index (χ1) is 16.1. The predicted molar refractivity (Wildman–Crippen MR) is 122 cm³/mol. The van der Waals surface area contributed by atoms with E-state index in [1.165, 1.54) is 29.3 Å². The van der Waals surface area contributed by atoms with E-state index in [-0.39, 0.29) is 0 Å². The van der Waals surface area contributed by atoms with E-state index in [0.29, 0.717) is 29.4 Å². The standard InChI is InChI=1S/C22H22N6O4S/c1-23-21(31)17-15(29)16(30)22(32-17)28-11-25-14-19(24-10-12-6-3-2-4-7-12)26-18(27-20(14)28)13-8-5-9-33-13/h2-9,11,15-17,22,29-30H,10H2,1H3,(H,23,31)(H,24,26,27)/t15-,16+,17-,22+/m0/s1. The topological polar surface area (TPSA) is 134 Å². The molecule has 1 aromatic carbocycles. The number of nitrogens with zero attached hydrogens (tertiary/aromatic N) is 4. The third-order valence-corrected chi connectivity index (χ3v) is 6.35. The minimum Gasteiger partial charge on any atom is -0.387 e. The Hall–Kier alpha value is -3.38. The highest BCUT2D eigenvalue weighted by Gasteiger charge is 2.47. The van der Waals surface area contributed by atoms with E-state index in [1.807, 2.05) is 47.8 Å². The quantitative estimate of drug-likeness (QED) is 0.336. The molecule has 0 radical (unpaired) electrons. The monoisotopic (exact) mass is 466 g/mol. The number of imidazole rings is 1. The van der Waals surface area contributed by atoms with Gasteiger partial charge < -0.3 is 25.6 Å². The lowest BCUT2D eigenvalue weighted by Crippen LogP contribution is -2.41. The normalized spacial score (nSPS) is 22.5. The number of aliphatic hydroxyl groups is 2. The maximum atomic E-state index is 12.1. The van der Waals surface area contributed by atoms with Gasteiger partial charge in [0, 0.05) is 13.6 Å². The van der Waals surface area contributed by atoms with E-state index in [4.69, 9.17) is 4.74 Å². The zero-order chi connectivity index (χ0) is 22.9. The number of nitrogens with one attached hydrogen (secondary N) is 2. The van der Waals surface area contributed by atoms with Crippen LogP contribution in [0.3, 0.4) is 0 Å². The van der Waals surface area contributed by atoms with Crippen LogP contribution in [0.1, 0.15) is 11.8 Å². The maximum absolute atomic E-state index is 12.1. The van der Waals surface area contributed by atoms with E-state index in [0.717, 1.165) is 10.4 Å². The summed E-state index contributed by atoms with van der Waals surface area (Å²) < 4.78 is 7.25. The smallest absolute Gasteiger partial charge is 0.251 e. The van der Waals surface area contributed by atoms with Gasteiger partial charge in [-0.1, -0.05) is 36.4 Å². The Balaban J connectivity index is 1.56. The summed E-state index contributed by atoms with van der Waals surface area (Å²) in [6.07, 6.45) is -3.51. The van der Waals surface area contributed by atoms with Gasteiger partial charge in [0.2, 0.25) is 0 Å². The number of thiophene rings is 1. The van der Waals surface area contributed by atoms with Crippen LogP contribution in [0, 0.1) is 0 Å². The highest BCUT2D eigenvalue weighted by molar-refractivity contribution is 7.13. The molecule has 3 aromatic heterocycles. The minimum absolute atomic E-state index is 0.415. The molecule has 4 aromatic rings. The Morgan fingerprint density at radius 2 is 1.97 bits per heavy atom. The van der Waals surface area contributed by atoms with Gasteiger partial charge in [-0.2, -0.15) is 0 Å². The van der Waals surface area contributed by atoms with Crippen LogP contribution in [0.25, 0.3) is 21.9 Å². The van der Waals surface area contributed by atoms with E-state index >= 15 is 0 Å². The Morgan fingerprint density at radius 3 is 2.70 bits per heavy atom. The predicted octanol–water partition coefficient (Wildman–Crippen LogP) is 1.53. The fraction of sp³-hybridized carbons (Fsp3) is 0.273. The molecule has 1 fully saturated rings. The van der Waals surface area contributed by atoms with Gasteiger partial charge in [-0.3, -0.25) is 9.36 Å². The number of hydrogen-bond acceptors (Lipinski definition) is 9. The summed E-state index contributed by atoms with van der Waals surface area (Å²) >= 11 is 1.50. The maximum Gasteiger partial charge on any atom is 0.251 e. The van der Waals surface area contributed by atoms with Crippen molar-refractivity contribution in [1.29, 1.82) is 0 Å². The molecule has 1 aliphatic rings. The van der Waals surface area contributed by atoms with E-state index in [2.05, 4.69) is 25.6 Å². The molecule has 0 spiro atoms. The number of aliphatic hydroxyl groups excluding tert-OH is 2. The van der Waals surface area contributed by atoms with Crippen molar-refractivity contribution in [3.05, 3.63) is 59.7 Å². The van der Waals surface area contributed by atoms with Crippen molar-refractivity contribution in [2.45, 2.75) is 31.1 Å². The van der Waals surface area contributed by atoms with Gasteiger partial charge >= 0.3 is 0 Å². The number of carbonyl (C=O) groups is 1.